The number of rotatable bonds is 0. The van der Waals surface area contributed by atoms with Gasteiger partial charge in [0.2, 0.25) is 0 Å². The highest BCUT2D eigenvalue weighted by atomic mass is 16.5. The summed E-state index contributed by atoms with van der Waals surface area (Å²) >= 11 is 0. The molecule has 2 bridgehead atoms. The third-order valence-corrected chi connectivity index (χ3v) is 15.7. The van der Waals surface area contributed by atoms with Gasteiger partial charge in [-0.3, -0.25) is 9.80 Å². The zero-order valence-electron chi connectivity index (χ0n) is 52.2. The van der Waals surface area contributed by atoms with Crippen LogP contribution in [0.25, 0.3) is 0 Å². The molecular weight excluding hydrogens is 989 g/mol. The van der Waals surface area contributed by atoms with Gasteiger partial charge in [-0.2, -0.15) is 0 Å². The molecule has 3 aliphatic heterocycles. The Balaban J connectivity index is 1.36. The summed E-state index contributed by atoms with van der Waals surface area (Å²) in [7, 11) is 0. The van der Waals surface area contributed by atoms with E-state index in [0.717, 1.165) is 67.9 Å². The van der Waals surface area contributed by atoms with Crippen LogP contribution in [0.5, 0.6) is 34.5 Å². The minimum absolute atomic E-state index is 0.0884. The number of ether oxygens (including phenoxy) is 6. The Morgan fingerprint density at radius 2 is 0.362 bits per heavy atom. The molecule has 0 N–H and O–H groups in total. The van der Waals surface area contributed by atoms with Gasteiger partial charge >= 0.3 is 0 Å². The van der Waals surface area contributed by atoms with Crippen molar-refractivity contribution in [2.75, 3.05) is 39.6 Å². The quantitative estimate of drug-likeness (QED) is 0.149. The molecule has 0 fully saturated rings. The summed E-state index contributed by atoms with van der Waals surface area (Å²) in [4.78, 5) is 5.06. The lowest BCUT2D eigenvalue weighted by atomic mass is 9.85. The van der Waals surface area contributed by atoms with Crippen molar-refractivity contribution in [3.8, 4) is 34.5 Å². The van der Waals surface area contributed by atoms with Crippen molar-refractivity contribution in [1.29, 1.82) is 0 Å². The molecule has 9 rings (SSSR count). The van der Waals surface area contributed by atoms with Gasteiger partial charge in [-0.15, -0.1) is 0 Å². The topological polar surface area (TPSA) is 61.9 Å². The molecule has 0 aliphatic carbocycles. The van der Waals surface area contributed by atoms with Crippen LogP contribution in [0.1, 0.15) is 191 Å². The first-order valence-electron chi connectivity index (χ1n) is 29.4. The van der Waals surface area contributed by atoms with E-state index in [0.29, 0.717) is 78.9 Å². The molecule has 80 heavy (non-hydrogen) atoms. The van der Waals surface area contributed by atoms with Crippen LogP contribution in [0, 0.1) is 0 Å². The van der Waals surface area contributed by atoms with Gasteiger partial charge < -0.3 is 28.4 Å². The van der Waals surface area contributed by atoms with E-state index in [-0.39, 0.29) is 32.5 Å². The highest BCUT2D eigenvalue weighted by molar-refractivity contribution is 5.46. The zero-order valence-corrected chi connectivity index (χ0v) is 52.2. The lowest BCUT2D eigenvalue weighted by Crippen LogP contribution is -2.26. The Morgan fingerprint density at radius 1 is 0.225 bits per heavy atom. The molecule has 6 aromatic carbocycles. The van der Waals surface area contributed by atoms with Crippen molar-refractivity contribution < 1.29 is 28.4 Å². The van der Waals surface area contributed by atoms with Crippen molar-refractivity contribution in [2.45, 2.75) is 196 Å². The Bertz CT molecular complexity index is 2550. The second-order valence-corrected chi connectivity index (χ2v) is 28.8. The molecular formula is C72H96N2O6. The summed E-state index contributed by atoms with van der Waals surface area (Å²) in [5.41, 5.74) is 13.6. The Hall–Kier alpha value is -5.96. The zero-order chi connectivity index (χ0) is 58.0. The normalized spacial score (nSPS) is 17.6. The van der Waals surface area contributed by atoms with Gasteiger partial charge in [-0.25, -0.2) is 0 Å². The first-order valence-corrected chi connectivity index (χ1v) is 29.4. The van der Waals surface area contributed by atoms with Gasteiger partial charge in [0.05, 0.1) is 0 Å². The van der Waals surface area contributed by atoms with E-state index in [2.05, 4.69) is 244 Å². The van der Waals surface area contributed by atoms with Gasteiger partial charge in [-0.1, -0.05) is 197 Å². The Morgan fingerprint density at radius 3 is 0.487 bits per heavy atom. The molecule has 0 aromatic heterocycles. The SMILES string of the molecule is CC(C)(C)c1ccc2c(c1)CN1Cc3cc(C(C)(C)C)ccc3OCCOc3ccc(C(C)(C)C)cc3CN(Cc3cc(C(C)(C)C)ccc3OCCO2)Cc2cc(C(C)(C)C)ccc2OCCOc2ccc(C(C)(C)C)cc2C1. The lowest BCUT2D eigenvalue weighted by Gasteiger charge is -2.30. The fourth-order valence-electron chi connectivity index (χ4n) is 10.6. The molecule has 0 amide bonds. The van der Waals surface area contributed by atoms with Gasteiger partial charge in [0, 0.05) is 72.6 Å². The van der Waals surface area contributed by atoms with Crippen LogP contribution in [-0.2, 0) is 71.8 Å². The summed E-state index contributed by atoms with van der Waals surface area (Å²) in [5, 5.41) is 0. The predicted octanol–water partition coefficient (Wildman–Crippen LogP) is 16.9. The van der Waals surface area contributed by atoms with Crippen LogP contribution >= 0.6 is 0 Å². The van der Waals surface area contributed by atoms with Crippen LogP contribution in [-0.4, -0.2) is 49.4 Å². The first-order chi connectivity index (χ1) is 37.4. The molecule has 3 heterocycles. The van der Waals surface area contributed by atoms with E-state index in [4.69, 9.17) is 28.4 Å². The van der Waals surface area contributed by atoms with E-state index in [1.165, 1.54) is 33.4 Å². The fraction of sp³-hybridized carbons (Fsp3) is 0.500. The fourth-order valence-corrected chi connectivity index (χ4v) is 10.6. The first kappa shape index (κ1) is 60.1. The molecule has 0 saturated carbocycles. The molecule has 0 spiro atoms. The minimum atomic E-state index is -0.0884. The highest BCUT2D eigenvalue weighted by Gasteiger charge is 2.27. The van der Waals surface area contributed by atoms with Crippen LogP contribution < -0.4 is 28.4 Å². The second-order valence-electron chi connectivity index (χ2n) is 28.8. The molecule has 6 aromatic rings. The Kier molecular flexibility index (Phi) is 17.9. The molecule has 430 valence electrons. The van der Waals surface area contributed by atoms with Crippen molar-refractivity contribution in [3.05, 3.63) is 176 Å². The van der Waals surface area contributed by atoms with E-state index in [1.54, 1.807) is 0 Å². The average Bonchev–Trinajstić information content (AvgIpc) is 3.35. The average molecular weight is 1090 g/mol. The summed E-state index contributed by atoms with van der Waals surface area (Å²) < 4.78 is 41.5. The van der Waals surface area contributed by atoms with Gasteiger partial charge in [0.1, 0.15) is 74.1 Å². The van der Waals surface area contributed by atoms with Crippen molar-refractivity contribution in [1.82, 2.24) is 9.80 Å². The predicted molar refractivity (Wildman–Crippen MR) is 330 cm³/mol. The third kappa shape index (κ3) is 15.5. The molecule has 0 saturated heterocycles. The number of benzene rings is 6. The summed E-state index contributed by atoms with van der Waals surface area (Å²) in [6.07, 6.45) is 0. The van der Waals surface area contributed by atoms with Crippen LogP contribution in [0.4, 0.5) is 0 Å². The highest BCUT2D eigenvalue weighted by Crippen LogP contribution is 2.39. The van der Waals surface area contributed by atoms with Gasteiger partial charge in [0.15, 0.2) is 0 Å². The maximum atomic E-state index is 6.92. The molecule has 0 unspecified atom stereocenters. The number of hydrogen-bond acceptors (Lipinski definition) is 8. The largest absolute Gasteiger partial charge is 0.490 e. The van der Waals surface area contributed by atoms with E-state index >= 15 is 0 Å². The Labute approximate surface area is 482 Å². The monoisotopic (exact) mass is 1080 g/mol. The smallest absolute Gasteiger partial charge is 0.123 e. The lowest BCUT2D eigenvalue weighted by molar-refractivity contribution is 0.186. The van der Waals surface area contributed by atoms with Crippen molar-refractivity contribution in [2.24, 2.45) is 0 Å². The van der Waals surface area contributed by atoms with Crippen LogP contribution in [0.2, 0.25) is 0 Å². The molecule has 0 atom stereocenters. The molecule has 8 heteroatoms. The van der Waals surface area contributed by atoms with Gasteiger partial charge in [-0.05, 0) is 102 Å². The van der Waals surface area contributed by atoms with E-state index in [9.17, 15) is 0 Å². The van der Waals surface area contributed by atoms with Crippen LogP contribution in [0.15, 0.2) is 109 Å². The van der Waals surface area contributed by atoms with Gasteiger partial charge in [0.25, 0.3) is 0 Å². The molecule has 3 aliphatic rings. The van der Waals surface area contributed by atoms with Crippen molar-refractivity contribution >= 4 is 0 Å². The molecule has 0 radical (unpaired) electrons. The summed E-state index contributed by atoms with van der Waals surface area (Å²) in [6.45, 7) is 46.8. The minimum Gasteiger partial charge on any atom is -0.490 e. The maximum absolute atomic E-state index is 6.92. The third-order valence-electron chi connectivity index (χ3n) is 15.7. The maximum Gasteiger partial charge on any atom is 0.123 e. The summed E-state index contributed by atoms with van der Waals surface area (Å²) in [5.74, 6) is 5.09. The standard InChI is InChI=1S/C72H96N2O6/c1-67(2,3)55-19-25-61-49(37-55)43-73-44-50-38-56(68(4,5)6)20-26-62(50)77-33-35-79-65-29-23-59(71(13,14)15)41-53(65)47-74(46-52-40-58(70(10,11)12)22-28-64(52)76-32-31-75-61)48-54-42-60(72(16,17)18)24-30-66(54)80-36-34-78-63-27-21-57(69(7,8)9)39-51(63)45-73/h19-30,37-42H,31-36,43-48H2,1-18H3. The summed E-state index contributed by atoms with van der Waals surface area (Å²) in [6, 6.07) is 40.5. The number of hydrogen-bond donors (Lipinski definition) is 0. The van der Waals surface area contributed by atoms with E-state index < -0.39 is 0 Å². The second kappa shape index (κ2) is 23.9. The molecule has 8 nitrogen and oxygen atoms in total. The van der Waals surface area contributed by atoms with Crippen LogP contribution in [0.3, 0.4) is 0 Å². The van der Waals surface area contributed by atoms with E-state index in [1.807, 2.05) is 0 Å². The number of fused-ring (bicyclic) bond motifs is 9. The van der Waals surface area contributed by atoms with Crippen molar-refractivity contribution in [3.63, 3.8) is 0 Å². The number of nitrogens with zero attached hydrogens (tertiary/aromatic N) is 2.